The molecule has 1 heterocycles. The van der Waals surface area contributed by atoms with Crippen molar-refractivity contribution in [2.24, 2.45) is 0 Å². The van der Waals surface area contributed by atoms with Crippen LogP contribution in [0.15, 0.2) is 18.3 Å². The first-order valence-corrected chi connectivity index (χ1v) is 6.11. The lowest BCUT2D eigenvalue weighted by Gasteiger charge is -2.20. The highest BCUT2D eigenvalue weighted by atomic mass is 16.2. The fourth-order valence-corrected chi connectivity index (χ4v) is 1.44. The third kappa shape index (κ3) is 4.33. The number of anilines is 1. The predicted octanol–water partition coefficient (Wildman–Crippen LogP) is 0.716. The number of hydrogen-bond acceptors (Lipinski definition) is 4. The van der Waals surface area contributed by atoms with Crippen LogP contribution in [0.5, 0.6) is 0 Å². The molecule has 0 aromatic carbocycles. The molecule has 0 spiro atoms. The number of aromatic nitrogens is 1. The molecule has 0 radical (unpaired) electrons. The van der Waals surface area contributed by atoms with Crippen LogP contribution in [-0.2, 0) is 11.3 Å². The van der Waals surface area contributed by atoms with Crippen LogP contribution in [0.3, 0.4) is 0 Å². The monoisotopic (exact) mass is 250 g/mol. The number of nitrogens with one attached hydrogen (secondary N) is 1. The topological polar surface area (TPSA) is 48.5 Å². The van der Waals surface area contributed by atoms with Crippen LogP contribution < -0.4 is 10.2 Å². The zero-order valence-electron chi connectivity index (χ0n) is 11.6. The number of carbonyl (C=O) groups excluding carboxylic acids is 1. The summed E-state index contributed by atoms with van der Waals surface area (Å²) in [6.45, 7) is 4.18. The van der Waals surface area contributed by atoms with E-state index in [2.05, 4.69) is 17.2 Å². The van der Waals surface area contributed by atoms with Crippen molar-refractivity contribution in [2.45, 2.75) is 13.5 Å². The van der Waals surface area contributed by atoms with Crippen molar-refractivity contribution in [2.75, 3.05) is 39.1 Å². The standard InChI is InChI=1S/C13H22N4O/c1-5-14-8-11-6-7-12(15-9-11)17(4)10-13(18)16(2)3/h6-7,9,14H,5,8,10H2,1-4H3. The Labute approximate surface area is 109 Å². The second-order valence-electron chi connectivity index (χ2n) is 4.45. The molecule has 0 bridgehead atoms. The molecule has 0 saturated heterocycles. The smallest absolute Gasteiger partial charge is 0.241 e. The third-order valence-corrected chi connectivity index (χ3v) is 2.65. The molecule has 1 aromatic rings. The van der Waals surface area contributed by atoms with Crippen molar-refractivity contribution in [1.82, 2.24) is 15.2 Å². The molecule has 1 aromatic heterocycles. The molecule has 0 aliphatic heterocycles. The number of hydrogen-bond donors (Lipinski definition) is 1. The molecule has 100 valence electrons. The fraction of sp³-hybridized carbons (Fsp3) is 0.538. The molecule has 0 unspecified atom stereocenters. The van der Waals surface area contributed by atoms with E-state index in [0.717, 1.165) is 24.5 Å². The minimum Gasteiger partial charge on any atom is -0.350 e. The van der Waals surface area contributed by atoms with Gasteiger partial charge < -0.3 is 15.1 Å². The van der Waals surface area contributed by atoms with Gasteiger partial charge in [0, 0.05) is 33.9 Å². The van der Waals surface area contributed by atoms with Gasteiger partial charge >= 0.3 is 0 Å². The van der Waals surface area contributed by atoms with Gasteiger partial charge in [0.15, 0.2) is 0 Å². The Kier molecular flexibility index (Phi) is 5.58. The minimum atomic E-state index is 0.0658. The maximum atomic E-state index is 11.6. The summed E-state index contributed by atoms with van der Waals surface area (Å²) in [6, 6.07) is 3.97. The van der Waals surface area contributed by atoms with Crippen LogP contribution in [0.25, 0.3) is 0 Å². The van der Waals surface area contributed by atoms with Crippen molar-refractivity contribution in [3.63, 3.8) is 0 Å². The van der Waals surface area contributed by atoms with Gasteiger partial charge in [-0.25, -0.2) is 4.98 Å². The van der Waals surface area contributed by atoms with Crippen LogP contribution in [0.1, 0.15) is 12.5 Å². The first-order valence-electron chi connectivity index (χ1n) is 6.11. The van der Waals surface area contributed by atoms with E-state index in [4.69, 9.17) is 0 Å². The summed E-state index contributed by atoms with van der Waals surface area (Å²) in [5.41, 5.74) is 1.15. The zero-order valence-corrected chi connectivity index (χ0v) is 11.6. The Morgan fingerprint density at radius 3 is 2.56 bits per heavy atom. The molecule has 5 nitrogen and oxygen atoms in total. The summed E-state index contributed by atoms with van der Waals surface area (Å²) >= 11 is 0. The molecular weight excluding hydrogens is 228 g/mol. The van der Waals surface area contributed by atoms with E-state index in [9.17, 15) is 4.79 Å². The van der Waals surface area contributed by atoms with Gasteiger partial charge in [-0.1, -0.05) is 13.0 Å². The van der Waals surface area contributed by atoms with Gasteiger partial charge in [0.2, 0.25) is 5.91 Å². The molecular formula is C13H22N4O. The van der Waals surface area contributed by atoms with Gasteiger partial charge in [0.25, 0.3) is 0 Å². The first-order chi connectivity index (χ1) is 8.54. The molecule has 1 rings (SSSR count). The highest BCUT2D eigenvalue weighted by Gasteiger charge is 2.09. The molecule has 0 atom stereocenters. The third-order valence-electron chi connectivity index (χ3n) is 2.65. The van der Waals surface area contributed by atoms with Gasteiger partial charge in [0.05, 0.1) is 6.54 Å². The summed E-state index contributed by atoms with van der Waals surface area (Å²) in [4.78, 5) is 19.4. The Balaban J connectivity index is 2.58. The second kappa shape index (κ2) is 6.96. The van der Waals surface area contributed by atoms with Crippen LogP contribution in [0.2, 0.25) is 0 Å². The highest BCUT2D eigenvalue weighted by Crippen LogP contribution is 2.09. The number of nitrogens with zero attached hydrogens (tertiary/aromatic N) is 3. The summed E-state index contributed by atoms with van der Waals surface area (Å²) in [5, 5.41) is 3.25. The molecule has 1 amide bonds. The maximum absolute atomic E-state index is 11.6. The second-order valence-corrected chi connectivity index (χ2v) is 4.45. The van der Waals surface area contributed by atoms with Gasteiger partial charge in [-0.05, 0) is 18.2 Å². The Hall–Kier alpha value is -1.62. The number of rotatable bonds is 6. The van der Waals surface area contributed by atoms with E-state index in [1.54, 1.807) is 19.0 Å². The minimum absolute atomic E-state index is 0.0658. The Morgan fingerprint density at radius 2 is 2.06 bits per heavy atom. The number of likely N-dealkylation sites (N-methyl/N-ethyl adjacent to an activating group) is 2. The van der Waals surface area contributed by atoms with E-state index >= 15 is 0 Å². The predicted molar refractivity (Wildman–Crippen MR) is 73.6 cm³/mol. The Morgan fingerprint density at radius 1 is 1.33 bits per heavy atom. The average Bonchev–Trinajstić information content (AvgIpc) is 2.36. The fourth-order valence-electron chi connectivity index (χ4n) is 1.44. The molecule has 0 aliphatic carbocycles. The van der Waals surface area contributed by atoms with Crippen molar-refractivity contribution in [1.29, 1.82) is 0 Å². The van der Waals surface area contributed by atoms with Crippen molar-refractivity contribution >= 4 is 11.7 Å². The summed E-state index contributed by atoms with van der Waals surface area (Å²) in [6.07, 6.45) is 1.84. The lowest BCUT2D eigenvalue weighted by molar-refractivity contribution is -0.127. The normalized spacial score (nSPS) is 10.2. The van der Waals surface area contributed by atoms with Gasteiger partial charge in [-0.2, -0.15) is 0 Å². The van der Waals surface area contributed by atoms with E-state index in [-0.39, 0.29) is 5.91 Å². The first kappa shape index (κ1) is 14.4. The average molecular weight is 250 g/mol. The largest absolute Gasteiger partial charge is 0.350 e. The van der Waals surface area contributed by atoms with Crippen molar-refractivity contribution in [3.8, 4) is 0 Å². The highest BCUT2D eigenvalue weighted by molar-refractivity contribution is 5.80. The molecule has 0 saturated carbocycles. The lowest BCUT2D eigenvalue weighted by Crippen LogP contribution is -2.34. The molecule has 1 N–H and O–H groups in total. The molecule has 0 fully saturated rings. The van der Waals surface area contributed by atoms with E-state index in [1.165, 1.54) is 0 Å². The van der Waals surface area contributed by atoms with Crippen LogP contribution in [0, 0.1) is 0 Å². The Bertz CT molecular complexity index is 375. The van der Waals surface area contributed by atoms with Crippen LogP contribution >= 0.6 is 0 Å². The van der Waals surface area contributed by atoms with Gasteiger partial charge in [0.1, 0.15) is 5.82 Å². The van der Waals surface area contributed by atoms with Crippen molar-refractivity contribution < 1.29 is 4.79 Å². The summed E-state index contributed by atoms with van der Waals surface area (Å²) in [5.74, 6) is 0.876. The quantitative estimate of drug-likeness (QED) is 0.808. The molecule has 5 heteroatoms. The maximum Gasteiger partial charge on any atom is 0.241 e. The van der Waals surface area contributed by atoms with Crippen LogP contribution in [0.4, 0.5) is 5.82 Å². The van der Waals surface area contributed by atoms with Gasteiger partial charge in [-0.15, -0.1) is 0 Å². The number of pyridine rings is 1. The summed E-state index contributed by atoms with van der Waals surface area (Å²) in [7, 11) is 5.37. The number of carbonyl (C=O) groups is 1. The lowest BCUT2D eigenvalue weighted by atomic mass is 10.2. The van der Waals surface area contributed by atoms with E-state index < -0.39 is 0 Å². The van der Waals surface area contributed by atoms with Gasteiger partial charge in [-0.3, -0.25) is 4.79 Å². The van der Waals surface area contributed by atoms with E-state index in [0.29, 0.717) is 6.54 Å². The number of amides is 1. The molecule has 18 heavy (non-hydrogen) atoms. The molecule has 0 aliphatic rings. The SMILES string of the molecule is CCNCc1ccc(N(C)CC(=O)N(C)C)nc1. The van der Waals surface area contributed by atoms with Crippen LogP contribution in [-0.4, -0.2) is 50.0 Å². The zero-order chi connectivity index (χ0) is 13.5. The van der Waals surface area contributed by atoms with Crippen molar-refractivity contribution in [3.05, 3.63) is 23.9 Å². The summed E-state index contributed by atoms with van der Waals surface area (Å²) < 4.78 is 0. The van der Waals surface area contributed by atoms with E-state index in [1.807, 2.05) is 30.3 Å².